The van der Waals surface area contributed by atoms with E-state index in [1.165, 1.54) is 5.56 Å². The molecule has 0 bridgehead atoms. The maximum absolute atomic E-state index is 12.6. The van der Waals surface area contributed by atoms with Crippen LogP contribution < -0.4 is 16.1 Å². The molecule has 1 saturated heterocycles. The van der Waals surface area contributed by atoms with Crippen molar-refractivity contribution in [2.24, 2.45) is 4.99 Å². The lowest BCUT2D eigenvalue weighted by Crippen LogP contribution is -2.47. The first-order valence-corrected chi connectivity index (χ1v) is 15.1. The van der Waals surface area contributed by atoms with Crippen LogP contribution in [0.25, 0.3) is 11.1 Å². The van der Waals surface area contributed by atoms with Gasteiger partial charge in [0.1, 0.15) is 11.2 Å². The molecule has 44 heavy (non-hydrogen) atoms. The van der Waals surface area contributed by atoms with Crippen molar-refractivity contribution >= 4 is 30.7 Å². The van der Waals surface area contributed by atoms with Crippen LogP contribution in [0.5, 0.6) is 0 Å². The van der Waals surface area contributed by atoms with Gasteiger partial charge in [-0.25, -0.2) is 14.6 Å². The predicted molar refractivity (Wildman–Crippen MR) is 176 cm³/mol. The second-order valence-corrected chi connectivity index (χ2v) is 15.3. The Morgan fingerprint density at radius 2 is 1.23 bits per heavy atom. The molecule has 10 heteroatoms. The van der Waals surface area contributed by atoms with Crippen molar-refractivity contribution in [1.82, 2.24) is 10.6 Å². The molecule has 1 aliphatic rings. The van der Waals surface area contributed by atoms with E-state index in [0.717, 1.165) is 22.2 Å². The second-order valence-electron chi connectivity index (χ2n) is 15.3. The highest BCUT2D eigenvalue weighted by atomic mass is 16.7. The summed E-state index contributed by atoms with van der Waals surface area (Å²) in [4.78, 5) is 29.7. The standard InChI is InChI=1S/C34H50BN3O6/c1-30(2,3)25-16-14-23(15-17-25)24-18-22(19-26(20-24)35-43-33(10,11)34(12,13)44-35)21-36-27(37-28(39)41-31(4,5)6)38-29(40)42-32(7,8)9/h14-20H,21H2,1-13H3,(H2,36,37,38,39,40). The monoisotopic (exact) mass is 607 g/mol. The van der Waals surface area contributed by atoms with Gasteiger partial charge in [0, 0.05) is 0 Å². The summed E-state index contributed by atoms with van der Waals surface area (Å²) in [5.41, 5.74) is 2.41. The Morgan fingerprint density at radius 1 is 0.750 bits per heavy atom. The molecule has 0 atom stereocenters. The van der Waals surface area contributed by atoms with Gasteiger partial charge in [-0.3, -0.25) is 10.6 Å². The molecule has 0 saturated carbocycles. The van der Waals surface area contributed by atoms with E-state index in [4.69, 9.17) is 18.8 Å². The van der Waals surface area contributed by atoms with E-state index in [-0.39, 0.29) is 17.9 Å². The van der Waals surface area contributed by atoms with E-state index in [1.807, 2.05) is 39.8 Å². The van der Waals surface area contributed by atoms with E-state index >= 15 is 0 Å². The lowest BCUT2D eigenvalue weighted by atomic mass is 9.76. The number of aliphatic imine (C=N–C) groups is 1. The third kappa shape index (κ3) is 9.82. The number of rotatable bonds is 4. The van der Waals surface area contributed by atoms with E-state index in [1.54, 1.807) is 41.5 Å². The van der Waals surface area contributed by atoms with Gasteiger partial charge in [0.2, 0.25) is 5.96 Å². The van der Waals surface area contributed by atoms with Crippen molar-refractivity contribution in [2.75, 3.05) is 0 Å². The molecule has 3 rings (SSSR count). The zero-order valence-electron chi connectivity index (χ0n) is 28.7. The molecule has 0 spiro atoms. The van der Waals surface area contributed by atoms with Crippen LogP contribution in [0.2, 0.25) is 0 Å². The average Bonchev–Trinajstić information content (AvgIpc) is 3.06. The van der Waals surface area contributed by atoms with Gasteiger partial charge in [0.05, 0.1) is 17.7 Å². The van der Waals surface area contributed by atoms with Crippen LogP contribution >= 0.6 is 0 Å². The van der Waals surface area contributed by atoms with Crippen molar-refractivity contribution in [2.45, 2.75) is 124 Å². The number of benzene rings is 2. The molecule has 240 valence electrons. The second kappa shape index (κ2) is 12.6. The molecular formula is C34H50BN3O6. The van der Waals surface area contributed by atoms with Crippen LogP contribution in [0.4, 0.5) is 9.59 Å². The highest BCUT2D eigenvalue weighted by Gasteiger charge is 2.51. The lowest BCUT2D eigenvalue weighted by molar-refractivity contribution is 0.00578. The van der Waals surface area contributed by atoms with E-state index in [0.29, 0.717) is 0 Å². The van der Waals surface area contributed by atoms with Gasteiger partial charge < -0.3 is 18.8 Å². The number of amides is 2. The van der Waals surface area contributed by atoms with E-state index in [2.05, 4.69) is 66.7 Å². The van der Waals surface area contributed by atoms with Gasteiger partial charge >= 0.3 is 19.3 Å². The van der Waals surface area contributed by atoms with Crippen LogP contribution in [0.3, 0.4) is 0 Å². The topological polar surface area (TPSA) is 107 Å². The predicted octanol–water partition coefficient (Wildman–Crippen LogP) is 6.86. The zero-order chi connectivity index (χ0) is 33.3. The van der Waals surface area contributed by atoms with Crippen molar-refractivity contribution in [3.63, 3.8) is 0 Å². The normalized spacial score (nSPS) is 16.2. The minimum atomic E-state index is -0.752. The summed E-state index contributed by atoms with van der Waals surface area (Å²) in [5.74, 6) is -0.0920. The zero-order valence-corrected chi connectivity index (χ0v) is 28.7. The summed E-state index contributed by atoms with van der Waals surface area (Å²) in [6.07, 6.45) is -1.50. The summed E-state index contributed by atoms with van der Waals surface area (Å²) < 4.78 is 23.5. The van der Waals surface area contributed by atoms with Crippen LogP contribution in [0, 0.1) is 0 Å². The van der Waals surface area contributed by atoms with Gasteiger partial charge in [-0.1, -0.05) is 57.2 Å². The first-order valence-electron chi connectivity index (χ1n) is 15.1. The summed E-state index contributed by atoms with van der Waals surface area (Å²) in [5, 5.41) is 5.09. The molecule has 9 nitrogen and oxygen atoms in total. The largest absolute Gasteiger partial charge is 0.494 e. The average molecular weight is 608 g/mol. The molecule has 2 N–H and O–H groups in total. The highest BCUT2D eigenvalue weighted by Crippen LogP contribution is 2.37. The number of carbonyl (C=O) groups is 2. The third-order valence-electron chi connectivity index (χ3n) is 7.28. The number of ether oxygens (including phenoxy) is 2. The number of carbonyl (C=O) groups excluding carboxylic acids is 2. The van der Waals surface area contributed by atoms with Gasteiger partial charge in [0.25, 0.3) is 0 Å². The van der Waals surface area contributed by atoms with E-state index in [9.17, 15) is 9.59 Å². The SMILES string of the molecule is CC(C)(C)OC(=O)NC(=NCc1cc(B2OC(C)(C)C(C)(C)O2)cc(-c2ccc(C(C)(C)C)cc2)c1)NC(=O)OC(C)(C)C. The van der Waals surface area contributed by atoms with Crippen LogP contribution in [-0.2, 0) is 30.7 Å². The quantitative estimate of drug-likeness (QED) is 0.224. The molecule has 2 aromatic carbocycles. The minimum absolute atomic E-state index is 0.0294. The molecule has 1 aliphatic heterocycles. The summed E-state index contributed by atoms with van der Waals surface area (Å²) in [6, 6.07) is 14.6. The fraction of sp³-hybridized carbons (Fsp3) is 0.559. The Balaban J connectivity index is 2.02. The lowest BCUT2D eigenvalue weighted by Gasteiger charge is -2.32. The molecule has 2 amide bonds. The van der Waals surface area contributed by atoms with E-state index < -0.39 is 41.7 Å². The fourth-order valence-corrected chi connectivity index (χ4v) is 4.34. The number of alkyl carbamates (subject to hydrolysis) is 2. The number of hydrogen-bond donors (Lipinski definition) is 2. The Morgan fingerprint density at radius 3 is 1.66 bits per heavy atom. The van der Waals surface area contributed by atoms with Gasteiger partial charge in [0.15, 0.2) is 0 Å². The number of hydrogen-bond acceptors (Lipinski definition) is 7. The van der Waals surface area contributed by atoms with Crippen LogP contribution in [0.15, 0.2) is 47.5 Å². The molecule has 0 aromatic heterocycles. The number of nitrogens with one attached hydrogen (secondary N) is 2. The minimum Gasteiger partial charge on any atom is -0.444 e. The Kier molecular flexibility index (Phi) is 10.0. The molecule has 0 unspecified atom stereocenters. The maximum atomic E-state index is 12.6. The van der Waals surface area contributed by atoms with Gasteiger partial charge in [-0.2, -0.15) is 0 Å². The smallest absolute Gasteiger partial charge is 0.444 e. The Bertz CT molecular complexity index is 1330. The van der Waals surface area contributed by atoms with Gasteiger partial charge in [-0.15, -0.1) is 0 Å². The number of guanidine groups is 1. The summed E-state index contributed by atoms with van der Waals surface area (Å²) in [7, 11) is -0.587. The first kappa shape index (κ1) is 35.1. The fourth-order valence-electron chi connectivity index (χ4n) is 4.34. The molecule has 0 aliphatic carbocycles. The van der Waals surface area contributed by atoms with Gasteiger partial charge in [-0.05, 0) is 108 Å². The molecule has 1 fully saturated rings. The van der Waals surface area contributed by atoms with Crippen molar-refractivity contribution < 1.29 is 28.4 Å². The third-order valence-corrected chi connectivity index (χ3v) is 7.28. The molecule has 1 heterocycles. The molecule has 2 aromatic rings. The first-order chi connectivity index (χ1) is 19.9. The molecular weight excluding hydrogens is 557 g/mol. The Hall–Kier alpha value is -3.37. The number of nitrogens with zero attached hydrogens (tertiary/aromatic N) is 1. The van der Waals surface area contributed by atoms with Crippen molar-refractivity contribution in [3.8, 4) is 11.1 Å². The highest BCUT2D eigenvalue weighted by molar-refractivity contribution is 6.62. The molecule has 0 radical (unpaired) electrons. The van der Waals surface area contributed by atoms with Crippen LogP contribution in [-0.4, -0.2) is 47.7 Å². The van der Waals surface area contributed by atoms with Crippen LogP contribution in [0.1, 0.15) is 101 Å². The van der Waals surface area contributed by atoms with Crippen molar-refractivity contribution in [3.05, 3.63) is 53.6 Å². The summed E-state index contributed by atoms with van der Waals surface area (Å²) >= 11 is 0. The Labute approximate surface area is 263 Å². The van der Waals surface area contributed by atoms with Crippen molar-refractivity contribution in [1.29, 1.82) is 0 Å². The maximum Gasteiger partial charge on any atom is 0.494 e. The summed E-state index contributed by atoms with van der Waals surface area (Å²) in [6.45, 7) is 25.3.